The first-order valence-electron chi connectivity index (χ1n) is 7.03. The van der Waals surface area contributed by atoms with E-state index in [1.807, 2.05) is 50.5 Å². The van der Waals surface area contributed by atoms with Gasteiger partial charge in [-0.15, -0.1) is 11.3 Å². The zero-order valence-electron chi connectivity index (χ0n) is 13.0. The third-order valence-corrected chi connectivity index (χ3v) is 5.46. The Morgan fingerprint density at radius 2 is 2.00 bits per heavy atom. The van der Waals surface area contributed by atoms with Gasteiger partial charge in [0, 0.05) is 34.4 Å². The van der Waals surface area contributed by atoms with Gasteiger partial charge in [-0.1, -0.05) is 11.8 Å². The minimum absolute atomic E-state index is 0.147. The number of anilines is 1. The van der Waals surface area contributed by atoms with Crippen molar-refractivity contribution in [3.63, 3.8) is 0 Å². The molecule has 0 unspecified atom stereocenters. The van der Waals surface area contributed by atoms with Crippen molar-refractivity contribution in [1.82, 2.24) is 14.8 Å². The summed E-state index contributed by atoms with van der Waals surface area (Å²) in [6.45, 7) is 3.86. The van der Waals surface area contributed by atoms with Crippen molar-refractivity contribution in [2.75, 3.05) is 5.32 Å². The van der Waals surface area contributed by atoms with Crippen LogP contribution in [0.3, 0.4) is 0 Å². The van der Waals surface area contributed by atoms with Crippen molar-refractivity contribution in [1.29, 1.82) is 0 Å². The van der Waals surface area contributed by atoms with E-state index in [0.717, 1.165) is 26.3 Å². The van der Waals surface area contributed by atoms with E-state index in [-0.39, 0.29) is 5.91 Å². The van der Waals surface area contributed by atoms with Crippen LogP contribution in [0, 0.1) is 13.8 Å². The van der Waals surface area contributed by atoms with Crippen LogP contribution in [0.2, 0.25) is 0 Å². The summed E-state index contributed by atoms with van der Waals surface area (Å²) >= 11 is 3.25. The number of hydrogen-bond acceptors (Lipinski definition) is 5. The molecule has 2 heterocycles. The maximum Gasteiger partial charge on any atom is 0.259 e. The topological polar surface area (TPSA) is 59.8 Å². The van der Waals surface area contributed by atoms with E-state index in [0.29, 0.717) is 5.56 Å². The number of aromatic nitrogens is 3. The predicted molar refractivity (Wildman–Crippen MR) is 93.3 cm³/mol. The molecule has 0 aliphatic heterocycles. The highest BCUT2D eigenvalue weighted by atomic mass is 32.2. The summed E-state index contributed by atoms with van der Waals surface area (Å²) < 4.78 is 2.70. The Kier molecular flexibility index (Phi) is 4.49. The molecule has 2 aromatic heterocycles. The molecule has 0 atom stereocenters. The number of amides is 1. The zero-order valence-corrected chi connectivity index (χ0v) is 14.7. The molecule has 0 fully saturated rings. The van der Waals surface area contributed by atoms with Crippen LogP contribution in [0.15, 0.2) is 45.1 Å². The van der Waals surface area contributed by atoms with Gasteiger partial charge in [0.05, 0.1) is 11.8 Å². The van der Waals surface area contributed by atoms with Gasteiger partial charge in [0.2, 0.25) is 0 Å². The van der Waals surface area contributed by atoms with Crippen molar-refractivity contribution in [3.8, 4) is 0 Å². The molecule has 23 heavy (non-hydrogen) atoms. The van der Waals surface area contributed by atoms with Crippen LogP contribution >= 0.6 is 23.1 Å². The lowest BCUT2D eigenvalue weighted by Gasteiger charge is -2.06. The number of nitrogens with one attached hydrogen (secondary N) is 1. The molecule has 3 aromatic rings. The summed E-state index contributed by atoms with van der Waals surface area (Å²) in [5.74, 6) is -0.147. The highest BCUT2D eigenvalue weighted by Crippen LogP contribution is 2.30. The third kappa shape index (κ3) is 3.62. The number of carbonyl (C=O) groups is 1. The van der Waals surface area contributed by atoms with Crippen molar-refractivity contribution < 1.29 is 4.79 Å². The lowest BCUT2D eigenvalue weighted by atomic mass is 10.2. The van der Waals surface area contributed by atoms with Crippen molar-refractivity contribution >= 4 is 34.7 Å². The number of hydrogen-bond donors (Lipinski definition) is 1. The van der Waals surface area contributed by atoms with Crippen molar-refractivity contribution in [2.24, 2.45) is 7.05 Å². The number of thiazole rings is 1. The highest BCUT2D eigenvalue weighted by molar-refractivity contribution is 8.01. The summed E-state index contributed by atoms with van der Waals surface area (Å²) in [5, 5.41) is 9.02. The number of aryl methyl sites for hydroxylation is 2. The fraction of sp³-hybridized carbons (Fsp3) is 0.188. The molecule has 0 saturated heterocycles. The maximum absolute atomic E-state index is 12.2. The number of rotatable bonds is 4. The van der Waals surface area contributed by atoms with Crippen LogP contribution in [-0.4, -0.2) is 20.7 Å². The number of carbonyl (C=O) groups excluding carboxylic acids is 1. The molecule has 0 bridgehead atoms. The molecule has 0 aliphatic rings. The van der Waals surface area contributed by atoms with Gasteiger partial charge in [-0.2, -0.15) is 5.10 Å². The Labute approximate surface area is 142 Å². The predicted octanol–water partition coefficient (Wildman–Crippen LogP) is 3.90. The Bertz CT molecular complexity index is 836. The normalized spacial score (nSPS) is 10.7. The van der Waals surface area contributed by atoms with E-state index >= 15 is 0 Å². The minimum Gasteiger partial charge on any atom is -0.322 e. The first-order valence-corrected chi connectivity index (χ1v) is 8.72. The van der Waals surface area contributed by atoms with E-state index in [1.54, 1.807) is 34.0 Å². The second kappa shape index (κ2) is 6.55. The molecule has 118 valence electrons. The molecular formula is C16H16N4OS2. The summed E-state index contributed by atoms with van der Waals surface area (Å²) in [7, 11) is 1.82. The van der Waals surface area contributed by atoms with Crippen LogP contribution < -0.4 is 5.32 Å². The van der Waals surface area contributed by atoms with Gasteiger partial charge in [-0.05, 0) is 38.1 Å². The van der Waals surface area contributed by atoms with Crippen LogP contribution in [0.4, 0.5) is 5.69 Å². The zero-order chi connectivity index (χ0) is 16.4. The Morgan fingerprint density at radius 3 is 2.57 bits per heavy atom. The van der Waals surface area contributed by atoms with Gasteiger partial charge in [0.15, 0.2) is 4.34 Å². The first kappa shape index (κ1) is 15.8. The standard InChI is InChI=1S/C16H16N4OS2/c1-10-9-22-16(18-10)23-13-6-4-12(5-7-13)19-15(21)14-8-17-20(3)11(14)2/h4-9H,1-3H3,(H,19,21). The second-order valence-electron chi connectivity index (χ2n) is 5.10. The molecule has 7 heteroatoms. The lowest BCUT2D eigenvalue weighted by Crippen LogP contribution is -2.12. The molecule has 1 amide bonds. The second-order valence-corrected chi connectivity index (χ2v) is 7.28. The van der Waals surface area contributed by atoms with Crippen LogP contribution in [0.5, 0.6) is 0 Å². The smallest absolute Gasteiger partial charge is 0.259 e. The van der Waals surface area contributed by atoms with E-state index in [1.165, 1.54) is 0 Å². The highest BCUT2D eigenvalue weighted by Gasteiger charge is 2.13. The van der Waals surface area contributed by atoms with Gasteiger partial charge in [0.1, 0.15) is 0 Å². The van der Waals surface area contributed by atoms with Gasteiger partial charge in [0.25, 0.3) is 5.91 Å². The number of benzene rings is 1. The third-order valence-electron chi connectivity index (χ3n) is 3.40. The summed E-state index contributed by atoms with van der Waals surface area (Å²) in [5.41, 5.74) is 3.23. The molecule has 0 radical (unpaired) electrons. The summed E-state index contributed by atoms with van der Waals surface area (Å²) in [4.78, 5) is 17.8. The summed E-state index contributed by atoms with van der Waals surface area (Å²) in [6, 6.07) is 7.75. The van der Waals surface area contributed by atoms with Gasteiger partial charge >= 0.3 is 0 Å². The molecule has 5 nitrogen and oxygen atoms in total. The molecule has 0 spiro atoms. The Balaban J connectivity index is 1.67. The van der Waals surface area contributed by atoms with Crippen molar-refractivity contribution in [2.45, 2.75) is 23.1 Å². The molecular weight excluding hydrogens is 328 g/mol. The van der Waals surface area contributed by atoms with Crippen LogP contribution in [-0.2, 0) is 7.05 Å². The Morgan fingerprint density at radius 1 is 1.26 bits per heavy atom. The fourth-order valence-corrected chi connectivity index (χ4v) is 3.82. The van der Waals surface area contributed by atoms with E-state index in [9.17, 15) is 4.79 Å². The monoisotopic (exact) mass is 344 g/mol. The fourth-order valence-electron chi connectivity index (χ4n) is 2.01. The largest absolute Gasteiger partial charge is 0.322 e. The lowest BCUT2D eigenvalue weighted by molar-refractivity contribution is 0.102. The molecule has 1 aromatic carbocycles. The molecule has 0 saturated carbocycles. The molecule has 0 aliphatic carbocycles. The van der Waals surface area contributed by atoms with Gasteiger partial charge in [-0.25, -0.2) is 4.98 Å². The molecule has 1 N–H and O–H groups in total. The number of nitrogens with zero attached hydrogens (tertiary/aromatic N) is 3. The van der Waals surface area contributed by atoms with Crippen molar-refractivity contribution in [3.05, 3.63) is 52.8 Å². The molecule has 3 rings (SSSR count). The average molecular weight is 344 g/mol. The van der Waals surface area contributed by atoms with E-state index in [2.05, 4.69) is 15.4 Å². The van der Waals surface area contributed by atoms with Gasteiger partial charge < -0.3 is 5.32 Å². The first-order chi connectivity index (χ1) is 11.0. The van der Waals surface area contributed by atoms with E-state index < -0.39 is 0 Å². The minimum atomic E-state index is -0.147. The maximum atomic E-state index is 12.2. The quantitative estimate of drug-likeness (QED) is 0.780. The van der Waals surface area contributed by atoms with Crippen LogP contribution in [0.25, 0.3) is 0 Å². The van der Waals surface area contributed by atoms with E-state index in [4.69, 9.17) is 0 Å². The summed E-state index contributed by atoms with van der Waals surface area (Å²) in [6.07, 6.45) is 1.58. The Hall–Kier alpha value is -2.12. The average Bonchev–Trinajstić information content (AvgIpc) is 3.08. The van der Waals surface area contributed by atoms with Gasteiger partial charge in [-0.3, -0.25) is 9.48 Å². The van der Waals surface area contributed by atoms with Crippen LogP contribution in [0.1, 0.15) is 21.7 Å². The SMILES string of the molecule is Cc1csc(Sc2ccc(NC(=O)c3cnn(C)c3C)cc2)n1.